The van der Waals surface area contributed by atoms with Crippen LogP contribution in [0.1, 0.15) is 28.4 Å². The molecular weight excluding hydrogens is 344 g/mol. The van der Waals surface area contributed by atoms with E-state index in [1.165, 1.54) is 6.20 Å². The Morgan fingerprint density at radius 1 is 1.29 bits per heavy atom. The van der Waals surface area contributed by atoms with Crippen molar-refractivity contribution in [1.82, 2.24) is 10.3 Å². The molecule has 114 valence electrons. The van der Waals surface area contributed by atoms with Crippen LogP contribution in [0.3, 0.4) is 0 Å². The van der Waals surface area contributed by atoms with Gasteiger partial charge in [-0.3, -0.25) is 0 Å². The van der Waals surface area contributed by atoms with Crippen molar-refractivity contribution in [3.05, 3.63) is 49.9 Å². The second kappa shape index (κ2) is 6.52. The van der Waals surface area contributed by atoms with Crippen LogP contribution in [-0.2, 0) is 6.18 Å². The Morgan fingerprint density at radius 3 is 2.52 bits per heavy atom. The highest BCUT2D eigenvalue weighted by molar-refractivity contribution is 7.11. The Balaban J connectivity index is 2.38. The van der Waals surface area contributed by atoms with Crippen LogP contribution in [0.2, 0.25) is 10.0 Å². The first-order valence-corrected chi connectivity index (χ1v) is 7.61. The van der Waals surface area contributed by atoms with Gasteiger partial charge in [0.25, 0.3) is 0 Å². The molecule has 0 aliphatic carbocycles. The van der Waals surface area contributed by atoms with Crippen LogP contribution < -0.4 is 5.32 Å². The standard InChI is InChI=1S/C13H11Cl2F3N2S/c1-2-19-11(7-3-4-8(14)9(15)5-7)10-6-20-12(21-10)13(16,17)18/h3-6,11,19H,2H2,1H3. The first kappa shape index (κ1) is 16.5. The quantitative estimate of drug-likeness (QED) is 0.819. The smallest absolute Gasteiger partial charge is 0.306 e. The normalized spacial score (nSPS) is 13.4. The summed E-state index contributed by atoms with van der Waals surface area (Å²) in [4.78, 5) is 3.93. The molecule has 2 nitrogen and oxygen atoms in total. The van der Waals surface area contributed by atoms with Crippen molar-refractivity contribution < 1.29 is 13.2 Å². The van der Waals surface area contributed by atoms with Crippen LogP contribution in [0.5, 0.6) is 0 Å². The van der Waals surface area contributed by atoms with Crippen LogP contribution in [0.25, 0.3) is 0 Å². The van der Waals surface area contributed by atoms with E-state index in [2.05, 4.69) is 10.3 Å². The average Bonchev–Trinajstić information content (AvgIpc) is 2.89. The Kier molecular flexibility index (Phi) is 5.14. The average molecular weight is 355 g/mol. The van der Waals surface area contributed by atoms with Crippen molar-refractivity contribution in [2.24, 2.45) is 0 Å². The maximum atomic E-state index is 12.7. The zero-order chi connectivity index (χ0) is 15.6. The summed E-state index contributed by atoms with van der Waals surface area (Å²) in [6.07, 6.45) is -3.19. The van der Waals surface area contributed by atoms with E-state index >= 15 is 0 Å². The number of nitrogens with zero attached hydrogens (tertiary/aromatic N) is 1. The lowest BCUT2D eigenvalue weighted by molar-refractivity contribution is -0.137. The summed E-state index contributed by atoms with van der Waals surface area (Å²) in [6.45, 7) is 2.46. The number of thiazole rings is 1. The molecule has 0 spiro atoms. The number of hydrogen-bond acceptors (Lipinski definition) is 3. The second-order valence-corrected chi connectivity index (χ2v) is 6.11. The van der Waals surface area contributed by atoms with Crippen molar-refractivity contribution in [3.63, 3.8) is 0 Å². The minimum absolute atomic E-state index is 0.359. The van der Waals surface area contributed by atoms with Gasteiger partial charge >= 0.3 is 6.18 Å². The molecule has 1 unspecified atom stereocenters. The largest absolute Gasteiger partial charge is 0.443 e. The lowest BCUT2D eigenvalue weighted by Gasteiger charge is -2.17. The molecule has 8 heteroatoms. The summed E-state index contributed by atoms with van der Waals surface area (Å²) >= 11 is 12.5. The molecule has 1 N–H and O–H groups in total. The monoisotopic (exact) mass is 354 g/mol. The van der Waals surface area contributed by atoms with Gasteiger partial charge in [-0.2, -0.15) is 13.2 Å². The van der Waals surface area contributed by atoms with Crippen molar-refractivity contribution >= 4 is 34.5 Å². The predicted molar refractivity (Wildman–Crippen MR) is 79.1 cm³/mol. The summed E-state index contributed by atoms with van der Waals surface area (Å²) in [7, 11) is 0. The van der Waals surface area contributed by atoms with E-state index < -0.39 is 17.2 Å². The van der Waals surface area contributed by atoms with Crippen LogP contribution in [0.4, 0.5) is 13.2 Å². The lowest BCUT2D eigenvalue weighted by Crippen LogP contribution is -2.21. The molecule has 0 bridgehead atoms. The third-order valence-corrected chi connectivity index (χ3v) is 4.58. The zero-order valence-electron chi connectivity index (χ0n) is 10.8. The van der Waals surface area contributed by atoms with Crippen LogP contribution in [0.15, 0.2) is 24.4 Å². The third kappa shape index (κ3) is 3.88. The van der Waals surface area contributed by atoms with Crippen LogP contribution >= 0.6 is 34.5 Å². The number of nitrogens with one attached hydrogen (secondary N) is 1. The number of aromatic nitrogens is 1. The summed E-state index contributed by atoms with van der Waals surface area (Å²) < 4.78 is 38.0. The second-order valence-electron chi connectivity index (χ2n) is 4.23. The van der Waals surface area contributed by atoms with Gasteiger partial charge in [-0.1, -0.05) is 36.2 Å². The summed E-state index contributed by atoms with van der Waals surface area (Å²) in [5, 5.41) is 3.03. The maximum absolute atomic E-state index is 12.7. The van der Waals surface area contributed by atoms with Crippen molar-refractivity contribution in [3.8, 4) is 0 Å². The molecule has 0 aliphatic rings. The lowest BCUT2D eigenvalue weighted by atomic mass is 10.1. The van der Waals surface area contributed by atoms with Crippen molar-refractivity contribution in [1.29, 1.82) is 0 Å². The molecule has 1 heterocycles. The fraction of sp³-hybridized carbons (Fsp3) is 0.308. The Morgan fingerprint density at radius 2 is 2.00 bits per heavy atom. The van der Waals surface area contributed by atoms with E-state index in [9.17, 15) is 13.2 Å². The van der Waals surface area contributed by atoms with Crippen molar-refractivity contribution in [2.45, 2.75) is 19.1 Å². The molecule has 2 aromatic rings. The number of alkyl halides is 3. The van der Waals surface area contributed by atoms with Crippen LogP contribution in [-0.4, -0.2) is 11.5 Å². The zero-order valence-corrected chi connectivity index (χ0v) is 13.2. The Labute approximate surface area is 133 Å². The summed E-state index contributed by atoms with van der Waals surface area (Å²) in [5.74, 6) is 0. The van der Waals surface area contributed by atoms with Gasteiger partial charge in [-0.25, -0.2) is 4.98 Å². The molecule has 1 atom stereocenters. The van der Waals surface area contributed by atoms with Crippen molar-refractivity contribution in [2.75, 3.05) is 6.54 Å². The Bertz CT molecular complexity index is 628. The minimum atomic E-state index is -4.43. The first-order chi connectivity index (χ1) is 9.82. The Hall–Kier alpha value is -0.820. The van der Waals surface area contributed by atoms with Crippen LogP contribution in [0, 0.1) is 0 Å². The minimum Gasteiger partial charge on any atom is -0.306 e. The molecule has 0 aliphatic heterocycles. The SMILES string of the molecule is CCNC(c1ccc(Cl)c(Cl)c1)c1cnc(C(F)(F)F)s1. The molecule has 0 amide bonds. The highest BCUT2D eigenvalue weighted by Gasteiger charge is 2.35. The molecule has 0 saturated carbocycles. The molecule has 1 aromatic carbocycles. The van der Waals surface area contributed by atoms with Gasteiger partial charge in [0.1, 0.15) is 0 Å². The van der Waals surface area contributed by atoms with Gasteiger partial charge in [-0.15, -0.1) is 11.3 Å². The predicted octanol–water partition coefficient (Wildman–Crippen LogP) is 5.17. The molecule has 0 fully saturated rings. The van der Waals surface area contributed by atoms with Gasteiger partial charge in [0.2, 0.25) is 0 Å². The topological polar surface area (TPSA) is 24.9 Å². The number of benzene rings is 1. The fourth-order valence-electron chi connectivity index (χ4n) is 1.83. The fourth-order valence-corrected chi connectivity index (χ4v) is 3.02. The van der Waals surface area contributed by atoms with Gasteiger partial charge < -0.3 is 5.32 Å². The third-order valence-electron chi connectivity index (χ3n) is 2.74. The molecular formula is C13H11Cl2F3N2S. The van der Waals surface area contributed by atoms with E-state index in [0.717, 1.165) is 5.56 Å². The van der Waals surface area contributed by atoms with Gasteiger partial charge in [-0.05, 0) is 24.2 Å². The highest BCUT2D eigenvalue weighted by Crippen LogP contribution is 2.37. The molecule has 2 rings (SSSR count). The van der Waals surface area contributed by atoms with E-state index in [0.29, 0.717) is 32.8 Å². The first-order valence-electron chi connectivity index (χ1n) is 6.04. The van der Waals surface area contributed by atoms with Gasteiger partial charge in [0.05, 0.1) is 16.1 Å². The van der Waals surface area contributed by atoms with Gasteiger partial charge in [0.15, 0.2) is 5.01 Å². The van der Waals surface area contributed by atoms with Gasteiger partial charge in [0, 0.05) is 11.1 Å². The highest BCUT2D eigenvalue weighted by atomic mass is 35.5. The number of hydrogen-bond donors (Lipinski definition) is 1. The van der Waals surface area contributed by atoms with E-state index in [1.807, 2.05) is 6.92 Å². The molecule has 21 heavy (non-hydrogen) atoms. The molecule has 1 aromatic heterocycles. The number of halogens is 5. The van der Waals surface area contributed by atoms with E-state index in [-0.39, 0.29) is 0 Å². The van der Waals surface area contributed by atoms with E-state index in [4.69, 9.17) is 23.2 Å². The number of rotatable bonds is 4. The summed E-state index contributed by atoms with van der Waals surface area (Å²) in [5.41, 5.74) is 0.739. The maximum Gasteiger partial charge on any atom is 0.443 e. The molecule has 0 radical (unpaired) electrons. The molecule has 0 saturated heterocycles. The van der Waals surface area contributed by atoms with E-state index in [1.54, 1.807) is 18.2 Å². The summed E-state index contributed by atoms with van der Waals surface area (Å²) in [6, 6.07) is 4.59.